The standard InChI is InChI=1S/C26H32BrNO4Si/c1-6-14-28-22-12-7-18(27)16-21(22)26(25(28)30)17(2)24(23(32-26)13-15-29)33(4,5)20-10-8-19(31-3)9-11-20/h6-12,16-17,23-24,29H,1,13-15H2,2-5H3/t17-,23+,24-,26+/m1/s1. The van der Waals surface area contributed by atoms with Gasteiger partial charge in [-0.1, -0.05) is 59.3 Å². The fraction of sp³-hybridized carbons (Fsp3) is 0.423. The third kappa shape index (κ3) is 3.69. The second-order valence-corrected chi connectivity index (χ2v) is 15.1. The summed E-state index contributed by atoms with van der Waals surface area (Å²) < 4.78 is 13.1. The van der Waals surface area contributed by atoms with Crippen molar-refractivity contribution >= 4 is 40.8 Å². The molecule has 4 rings (SSSR count). The highest BCUT2D eigenvalue weighted by Gasteiger charge is 2.66. The van der Waals surface area contributed by atoms with Crippen LogP contribution in [0.25, 0.3) is 0 Å². The maximum absolute atomic E-state index is 14.0. The molecule has 33 heavy (non-hydrogen) atoms. The molecule has 1 amide bonds. The second kappa shape index (κ2) is 9.02. The van der Waals surface area contributed by atoms with Crippen molar-refractivity contribution in [1.29, 1.82) is 0 Å². The van der Waals surface area contributed by atoms with E-state index in [2.05, 4.69) is 54.7 Å². The Kier molecular flexibility index (Phi) is 6.62. The molecule has 1 spiro atoms. The van der Waals surface area contributed by atoms with Gasteiger partial charge >= 0.3 is 0 Å². The highest BCUT2D eigenvalue weighted by molar-refractivity contribution is 9.10. The quantitative estimate of drug-likeness (QED) is 0.421. The molecule has 0 bridgehead atoms. The molecular weight excluding hydrogens is 498 g/mol. The molecule has 0 aliphatic carbocycles. The second-order valence-electron chi connectivity index (χ2n) is 9.53. The van der Waals surface area contributed by atoms with E-state index in [1.807, 2.05) is 30.3 Å². The molecular formula is C26H32BrNO4Si. The lowest BCUT2D eigenvalue weighted by Crippen LogP contribution is -2.51. The maximum atomic E-state index is 14.0. The molecule has 2 aliphatic rings. The Bertz CT molecular complexity index is 1060. The zero-order valence-corrected chi connectivity index (χ0v) is 22.3. The third-order valence-electron chi connectivity index (χ3n) is 7.52. The van der Waals surface area contributed by atoms with Gasteiger partial charge in [0.05, 0.1) is 27.0 Å². The minimum absolute atomic E-state index is 0.0208. The summed E-state index contributed by atoms with van der Waals surface area (Å²) in [6.07, 6.45) is 2.04. The molecule has 4 atom stereocenters. The van der Waals surface area contributed by atoms with E-state index < -0.39 is 13.7 Å². The van der Waals surface area contributed by atoms with Crippen molar-refractivity contribution in [3.8, 4) is 5.75 Å². The highest BCUT2D eigenvalue weighted by Crippen LogP contribution is 2.60. The molecule has 1 saturated heterocycles. The molecule has 0 saturated carbocycles. The number of fused-ring (bicyclic) bond motifs is 2. The minimum Gasteiger partial charge on any atom is -0.497 e. The fourth-order valence-electron chi connectivity index (χ4n) is 5.99. The molecule has 7 heteroatoms. The van der Waals surface area contributed by atoms with Crippen LogP contribution in [0.2, 0.25) is 18.6 Å². The predicted octanol–water partition coefficient (Wildman–Crippen LogP) is 4.59. The number of ether oxygens (including phenoxy) is 2. The molecule has 0 unspecified atom stereocenters. The fourth-order valence-corrected chi connectivity index (χ4v) is 10.4. The number of benzene rings is 2. The summed E-state index contributed by atoms with van der Waals surface area (Å²) in [5.74, 6) is 0.730. The van der Waals surface area contributed by atoms with Crippen LogP contribution in [0.15, 0.2) is 59.6 Å². The van der Waals surface area contributed by atoms with Crippen LogP contribution in [0.4, 0.5) is 5.69 Å². The van der Waals surface area contributed by atoms with E-state index in [0.29, 0.717) is 13.0 Å². The van der Waals surface area contributed by atoms with Gasteiger partial charge in [-0.15, -0.1) is 6.58 Å². The van der Waals surface area contributed by atoms with Gasteiger partial charge in [-0.05, 0) is 42.3 Å². The molecule has 2 heterocycles. The smallest absolute Gasteiger partial charge is 0.264 e. The van der Waals surface area contributed by atoms with E-state index in [-0.39, 0.29) is 30.1 Å². The number of hydrogen-bond acceptors (Lipinski definition) is 4. The molecule has 1 fully saturated rings. The van der Waals surface area contributed by atoms with E-state index in [1.54, 1.807) is 18.1 Å². The van der Waals surface area contributed by atoms with Crippen molar-refractivity contribution in [2.75, 3.05) is 25.2 Å². The number of nitrogens with zero attached hydrogens (tertiary/aromatic N) is 1. The van der Waals surface area contributed by atoms with Crippen LogP contribution in [-0.2, 0) is 15.1 Å². The van der Waals surface area contributed by atoms with Crippen molar-refractivity contribution in [2.45, 2.75) is 43.7 Å². The van der Waals surface area contributed by atoms with Crippen LogP contribution in [0.3, 0.4) is 0 Å². The first-order valence-electron chi connectivity index (χ1n) is 11.4. The summed E-state index contributed by atoms with van der Waals surface area (Å²) in [6.45, 7) is 11.1. The molecule has 176 valence electrons. The number of halogens is 1. The van der Waals surface area contributed by atoms with Gasteiger partial charge in [-0.3, -0.25) is 4.79 Å². The lowest BCUT2D eigenvalue weighted by atomic mass is 9.82. The van der Waals surface area contributed by atoms with Crippen molar-refractivity contribution < 1.29 is 19.4 Å². The Labute approximate surface area is 205 Å². The van der Waals surface area contributed by atoms with E-state index in [4.69, 9.17) is 9.47 Å². The van der Waals surface area contributed by atoms with Crippen LogP contribution in [0.5, 0.6) is 5.75 Å². The Balaban J connectivity index is 1.84. The Hall–Kier alpha value is -1.93. The van der Waals surface area contributed by atoms with E-state index in [1.165, 1.54) is 5.19 Å². The number of anilines is 1. The van der Waals surface area contributed by atoms with Gasteiger partial charge in [0.1, 0.15) is 5.75 Å². The SMILES string of the molecule is C=CCN1C(=O)[C@@]2(O[C@@H](CCO)[C@H]([Si](C)(C)c3ccc(OC)cc3)[C@H]2C)c2cc(Br)ccc21. The number of aliphatic hydroxyl groups excluding tert-OH is 1. The van der Waals surface area contributed by atoms with Crippen molar-refractivity contribution in [1.82, 2.24) is 0 Å². The molecule has 2 aliphatic heterocycles. The summed E-state index contributed by atoms with van der Waals surface area (Å²) in [5.41, 5.74) is 0.851. The van der Waals surface area contributed by atoms with Gasteiger partial charge in [0.2, 0.25) is 0 Å². The van der Waals surface area contributed by atoms with Crippen molar-refractivity contribution in [3.05, 3.63) is 65.2 Å². The van der Waals surface area contributed by atoms with Crippen LogP contribution in [0, 0.1) is 5.92 Å². The normalized spacial score (nSPS) is 26.7. The highest BCUT2D eigenvalue weighted by atomic mass is 79.9. The van der Waals surface area contributed by atoms with E-state index in [9.17, 15) is 9.90 Å². The van der Waals surface area contributed by atoms with Crippen molar-refractivity contribution in [3.63, 3.8) is 0 Å². The topological polar surface area (TPSA) is 59.0 Å². The zero-order valence-electron chi connectivity index (χ0n) is 19.7. The molecule has 1 N–H and O–H groups in total. The summed E-state index contributed by atoms with van der Waals surface area (Å²) in [6, 6.07) is 14.2. The van der Waals surface area contributed by atoms with E-state index in [0.717, 1.165) is 21.5 Å². The average Bonchev–Trinajstić information content (AvgIpc) is 3.21. The summed E-state index contributed by atoms with van der Waals surface area (Å²) >= 11 is 3.60. The maximum Gasteiger partial charge on any atom is 0.264 e. The Morgan fingerprint density at radius 1 is 1.27 bits per heavy atom. The molecule has 5 nitrogen and oxygen atoms in total. The molecule has 0 aromatic heterocycles. The summed E-state index contributed by atoms with van der Waals surface area (Å²) in [4.78, 5) is 15.8. The van der Waals surface area contributed by atoms with Gasteiger partial charge in [0.25, 0.3) is 5.91 Å². The number of amides is 1. The van der Waals surface area contributed by atoms with Crippen LogP contribution in [-0.4, -0.2) is 45.5 Å². The number of hydrogen-bond donors (Lipinski definition) is 1. The molecule has 2 aromatic rings. The Morgan fingerprint density at radius 2 is 1.97 bits per heavy atom. The molecule has 2 aromatic carbocycles. The summed E-state index contributed by atoms with van der Waals surface area (Å²) in [7, 11) is -0.470. The number of rotatable bonds is 7. The largest absolute Gasteiger partial charge is 0.497 e. The van der Waals surface area contributed by atoms with Gasteiger partial charge < -0.3 is 19.5 Å². The first-order chi connectivity index (χ1) is 15.7. The monoisotopic (exact) mass is 529 g/mol. The van der Waals surface area contributed by atoms with E-state index >= 15 is 0 Å². The number of carbonyl (C=O) groups excluding carboxylic acids is 1. The average molecular weight is 531 g/mol. The molecule has 0 radical (unpaired) electrons. The third-order valence-corrected chi connectivity index (χ3v) is 12.4. The van der Waals surface area contributed by atoms with Gasteiger partial charge in [-0.25, -0.2) is 0 Å². The summed E-state index contributed by atoms with van der Waals surface area (Å²) in [5, 5.41) is 11.2. The van der Waals surface area contributed by atoms with Gasteiger partial charge in [0.15, 0.2) is 5.60 Å². The number of aliphatic hydroxyl groups is 1. The zero-order chi connectivity index (χ0) is 24.0. The first-order valence-corrected chi connectivity index (χ1v) is 15.3. The predicted molar refractivity (Wildman–Crippen MR) is 138 cm³/mol. The number of methoxy groups -OCH3 is 1. The minimum atomic E-state index is -2.14. The van der Waals surface area contributed by atoms with Crippen LogP contribution < -0.4 is 14.8 Å². The Morgan fingerprint density at radius 3 is 2.58 bits per heavy atom. The van der Waals surface area contributed by atoms with Crippen LogP contribution in [0.1, 0.15) is 18.9 Å². The lowest BCUT2D eigenvalue weighted by molar-refractivity contribution is -0.146. The van der Waals surface area contributed by atoms with Crippen molar-refractivity contribution in [2.24, 2.45) is 5.92 Å². The van der Waals surface area contributed by atoms with Gasteiger partial charge in [0, 0.05) is 29.1 Å². The lowest BCUT2D eigenvalue weighted by Gasteiger charge is -2.37. The van der Waals surface area contributed by atoms with Crippen LogP contribution >= 0.6 is 15.9 Å². The first kappa shape index (κ1) is 24.2. The number of carbonyl (C=O) groups is 1. The van der Waals surface area contributed by atoms with Gasteiger partial charge in [-0.2, -0.15) is 0 Å².